The molecule has 1 fully saturated rings. The zero-order valence-electron chi connectivity index (χ0n) is 28.4. The van der Waals surface area contributed by atoms with Gasteiger partial charge in [-0.2, -0.15) is 0 Å². The number of hydrogen-bond donors (Lipinski definition) is 0. The van der Waals surface area contributed by atoms with Gasteiger partial charge in [0.1, 0.15) is 28.5 Å². The van der Waals surface area contributed by atoms with Crippen molar-refractivity contribution in [1.82, 2.24) is 4.90 Å². The zero-order valence-corrected chi connectivity index (χ0v) is 28.4. The van der Waals surface area contributed by atoms with E-state index >= 15 is 4.39 Å². The molecule has 1 aliphatic heterocycles. The maximum absolute atomic E-state index is 15.3. The fourth-order valence-electron chi connectivity index (χ4n) is 6.44. The lowest BCUT2D eigenvalue weighted by atomic mass is 9.79. The summed E-state index contributed by atoms with van der Waals surface area (Å²) in [6.45, 7) is 13.9. The van der Waals surface area contributed by atoms with Crippen LogP contribution in [0, 0.1) is 12.7 Å². The van der Waals surface area contributed by atoms with Crippen molar-refractivity contribution in [2.24, 2.45) is 0 Å². The average Bonchev–Trinajstić information content (AvgIpc) is 3.02. The molecule has 1 heterocycles. The molecule has 1 aliphatic carbocycles. The first-order valence-electron chi connectivity index (χ1n) is 16.0. The van der Waals surface area contributed by atoms with Gasteiger partial charge in [0.2, 0.25) is 0 Å². The highest BCUT2D eigenvalue weighted by Gasteiger charge is 2.43. The minimum absolute atomic E-state index is 0.0988. The lowest BCUT2D eigenvalue weighted by Crippen LogP contribution is -2.52. The van der Waals surface area contributed by atoms with Crippen LogP contribution in [0.25, 0.3) is 0 Å². The third kappa shape index (κ3) is 7.52. The average molecular weight is 635 g/mol. The van der Waals surface area contributed by atoms with Crippen LogP contribution < -0.4 is 9.64 Å². The number of piperidine rings is 1. The van der Waals surface area contributed by atoms with Crippen LogP contribution in [0.3, 0.4) is 0 Å². The lowest BCUT2D eigenvalue weighted by Gasteiger charge is -2.45. The van der Waals surface area contributed by atoms with E-state index in [0.29, 0.717) is 48.3 Å². The number of anilines is 1. The first-order valence-corrected chi connectivity index (χ1v) is 16.0. The van der Waals surface area contributed by atoms with Crippen molar-refractivity contribution in [3.8, 4) is 5.75 Å². The molecule has 1 unspecified atom stereocenters. The molecule has 1 amide bonds. The summed E-state index contributed by atoms with van der Waals surface area (Å²) in [5.41, 5.74) is 1.50. The number of ketones is 1. The Morgan fingerprint density at radius 3 is 2.26 bits per heavy atom. The molecular formula is C37H47FN2O6. The second-order valence-electron chi connectivity index (χ2n) is 13.2. The van der Waals surface area contributed by atoms with E-state index in [2.05, 4.69) is 11.0 Å². The number of hydrogen-bond acceptors (Lipinski definition) is 7. The number of benzene rings is 2. The molecule has 248 valence electrons. The Balaban J connectivity index is 1.58. The number of halogens is 1. The van der Waals surface area contributed by atoms with E-state index in [1.54, 1.807) is 33.8 Å². The summed E-state index contributed by atoms with van der Waals surface area (Å²) in [6.07, 6.45) is 5.71. The van der Waals surface area contributed by atoms with E-state index in [-0.39, 0.29) is 24.2 Å². The predicted octanol–water partition coefficient (Wildman–Crippen LogP) is 7.74. The number of Topliss-reactive ketones (excluding diaryl/α,β-unsaturated/α-hetero) is 1. The summed E-state index contributed by atoms with van der Waals surface area (Å²) in [4.78, 5) is 42.0. The first kappa shape index (κ1) is 34.9. The molecule has 0 spiro atoms. The van der Waals surface area contributed by atoms with Crippen LogP contribution in [0.15, 0.2) is 59.9 Å². The van der Waals surface area contributed by atoms with Gasteiger partial charge in [0.25, 0.3) is 0 Å². The minimum atomic E-state index is -1.11. The van der Waals surface area contributed by atoms with E-state index in [9.17, 15) is 14.4 Å². The van der Waals surface area contributed by atoms with Gasteiger partial charge in [0.05, 0.1) is 12.8 Å². The quantitative estimate of drug-likeness (QED) is 0.261. The Kier molecular flexibility index (Phi) is 10.8. The third-order valence-corrected chi connectivity index (χ3v) is 9.06. The van der Waals surface area contributed by atoms with Crippen LogP contribution in [0.4, 0.5) is 14.9 Å². The van der Waals surface area contributed by atoms with Gasteiger partial charge in [-0.1, -0.05) is 18.2 Å². The van der Waals surface area contributed by atoms with Crippen molar-refractivity contribution in [1.29, 1.82) is 0 Å². The van der Waals surface area contributed by atoms with E-state index in [4.69, 9.17) is 14.2 Å². The molecule has 2 aromatic rings. The number of allylic oxidation sites excluding steroid dienone is 3. The number of para-hydroxylation sites is 1. The number of esters is 1. The summed E-state index contributed by atoms with van der Waals surface area (Å²) in [5.74, 6) is 0.821. The SMILES string of the molecule is CCN(C(=O)OC(C)(C)C)c1cc(F)cc(C(C)(C(C)=O)N2CCC(c3ccccc3OC3=CC=C(C(=O)OC)CC3)CC2)c1C. The maximum atomic E-state index is 15.3. The first-order chi connectivity index (χ1) is 21.7. The lowest BCUT2D eigenvalue weighted by molar-refractivity contribution is -0.136. The van der Waals surface area contributed by atoms with Crippen molar-refractivity contribution in [3.63, 3.8) is 0 Å². The number of ether oxygens (including phenoxy) is 3. The van der Waals surface area contributed by atoms with Gasteiger partial charge in [0.15, 0.2) is 5.78 Å². The van der Waals surface area contributed by atoms with Crippen molar-refractivity contribution in [3.05, 3.63) is 82.4 Å². The molecule has 4 rings (SSSR count). The van der Waals surface area contributed by atoms with Gasteiger partial charge in [-0.3, -0.25) is 14.6 Å². The second kappa shape index (κ2) is 14.2. The number of amides is 1. The molecule has 0 aromatic heterocycles. The number of likely N-dealkylation sites (tertiary alicyclic amines) is 1. The Labute approximate surface area is 272 Å². The van der Waals surface area contributed by atoms with Crippen LogP contribution >= 0.6 is 0 Å². The van der Waals surface area contributed by atoms with Crippen LogP contribution in [0.2, 0.25) is 0 Å². The number of nitrogens with zero attached hydrogens (tertiary/aromatic N) is 2. The zero-order chi connectivity index (χ0) is 33.8. The summed E-state index contributed by atoms with van der Waals surface area (Å²) in [6, 6.07) is 10.8. The van der Waals surface area contributed by atoms with Crippen LogP contribution in [-0.4, -0.2) is 55.1 Å². The monoisotopic (exact) mass is 634 g/mol. The third-order valence-electron chi connectivity index (χ3n) is 9.06. The molecule has 1 atom stereocenters. The van der Waals surface area contributed by atoms with E-state index in [0.717, 1.165) is 29.9 Å². The van der Waals surface area contributed by atoms with Gasteiger partial charge in [-0.05, 0) is 134 Å². The summed E-state index contributed by atoms with van der Waals surface area (Å²) < 4.78 is 32.1. The van der Waals surface area contributed by atoms with Crippen LogP contribution in [-0.2, 0) is 24.6 Å². The molecule has 1 saturated heterocycles. The number of methoxy groups -OCH3 is 1. The normalized spacial score (nSPS) is 17.3. The Morgan fingerprint density at radius 2 is 1.70 bits per heavy atom. The number of rotatable bonds is 9. The van der Waals surface area contributed by atoms with Crippen molar-refractivity contribution in [2.75, 3.05) is 31.6 Å². The summed E-state index contributed by atoms with van der Waals surface area (Å²) >= 11 is 0. The Hall–Kier alpha value is -3.98. The number of carbonyl (C=O) groups is 3. The van der Waals surface area contributed by atoms with E-state index in [1.807, 2.05) is 45.0 Å². The molecule has 9 heteroatoms. The molecule has 0 radical (unpaired) electrons. The predicted molar refractivity (Wildman–Crippen MR) is 176 cm³/mol. The molecule has 0 bridgehead atoms. The molecular weight excluding hydrogens is 587 g/mol. The standard InChI is InChI=1S/C37H47FN2O6/c1-9-40(35(43)46-36(4,5)6)32-23-28(38)22-31(24(32)2)37(7,25(3)41)39-20-18-26(19-21-39)30-12-10-11-13-33(30)45-29-16-14-27(15-17-29)34(42)44-8/h10-14,16,22-23,26H,9,15,17-21H2,1-8H3. The molecule has 0 N–H and O–H groups in total. The highest BCUT2D eigenvalue weighted by Crippen LogP contribution is 2.42. The van der Waals surface area contributed by atoms with E-state index < -0.39 is 23.1 Å². The fraction of sp³-hybridized carbons (Fsp3) is 0.486. The van der Waals surface area contributed by atoms with Gasteiger partial charge in [-0.25, -0.2) is 14.0 Å². The van der Waals surface area contributed by atoms with Gasteiger partial charge < -0.3 is 14.2 Å². The second-order valence-corrected chi connectivity index (χ2v) is 13.2. The van der Waals surface area contributed by atoms with E-state index in [1.165, 1.54) is 24.1 Å². The Bertz CT molecular complexity index is 1530. The molecule has 46 heavy (non-hydrogen) atoms. The smallest absolute Gasteiger partial charge is 0.414 e. The van der Waals surface area contributed by atoms with Crippen molar-refractivity contribution < 1.29 is 33.0 Å². The topological polar surface area (TPSA) is 85.4 Å². The fourth-order valence-corrected chi connectivity index (χ4v) is 6.44. The molecule has 2 aromatic carbocycles. The van der Waals surface area contributed by atoms with Crippen molar-refractivity contribution >= 4 is 23.5 Å². The van der Waals surface area contributed by atoms with Crippen LogP contribution in [0.5, 0.6) is 5.75 Å². The summed E-state index contributed by atoms with van der Waals surface area (Å²) in [5, 5.41) is 0. The highest BCUT2D eigenvalue weighted by molar-refractivity contribution is 5.92. The largest absolute Gasteiger partial charge is 0.466 e. The van der Waals surface area contributed by atoms with Gasteiger partial charge in [-0.15, -0.1) is 0 Å². The van der Waals surface area contributed by atoms with Gasteiger partial charge >= 0.3 is 12.1 Å². The minimum Gasteiger partial charge on any atom is -0.466 e. The van der Waals surface area contributed by atoms with Crippen molar-refractivity contribution in [2.45, 2.75) is 91.2 Å². The molecule has 8 nitrogen and oxygen atoms in total. The highest BCUT2D eigenvalue weighted by atomic mass is 19.1. The molecule has 2 aliphatic rings. The maximum Gasteiger partial charge on any atom is 0.414 e. The number of carbonyl (C=O) groups excluding carboxylic acids is 3. The molecule has 0 saturated carbocycles. The van der Waals surface area contributed by atoms with Gasteiger partial charge in [0, 0.05) is 18.5 Å². The van der Waals surface area contributed by atoms with Crippen LogP contribution in [0.1, 0.15) is 89.8 Å². The summed E-state index contributed by atoms with van der Waals surface area (Å²) in [7, 11) is 1.38. The Morgan fingerprint density at radius 1 is 1.02 bits per heavy atom.